The average molecular weight is 311 g/mol. The Morgan fingerprint density at radius 2 is 1.86 bits per heavy atom. The maximum absolute atomic E-state index is 13.0. The number of hydrogen-bond donors (Lipinski definition) is 0. The Kier molecular flexibility index (Phi) is 4.63. The van der Waals surface area contributed by atoms with Gasteiger partial charge in [0.2, 0.25) is 10.0 Å². The van der Waals surface area contributed by atoms with Crippen molar-refractivity contribution in [1.29, 1.82) is 0 Å². The lowest BCUT2D eigenvalue weighted by Gasteiger charge is -2.31. The summed E-state index contributed by atoms with van der Waals surface area (Å²) >= 11 is 0. The summed E-state index contributed by atoms with van der Waals surface area (Å²) in [7, 11) is -1.86. The van der Waals surface area contributed by atoms with Gasteiger partial charge in [0, 0.05) is 12.1 Å². The molecule has 1 atom stereocenters. The van der Waals surface area contributed by atoms with Gasteiger partial charge in [-0.1, -0.05) is 13.8 Å². The zero-order valence-corrected chi connectivity index (χ0v) is 14.3. The van der Waals surface area contributed by atoms with Gasteiger partial charge in [0.05, 0.1) is 12.0 Å². The Labute approximate surface area is 128 Å². The molecular formula is C16H25NO3S. The number of rotatable bonds is 6. The number of benzene rings is 1. The SMILES string of the molecule is COc1ccc(S(=O)(=O)N(C2CC2)C(C)C(C)C)cc1C. The molecule has 0 N–H and O–H groups in total. The van der Waals surface area contributed by atoms with Crippen LogP contribution in [0.3, 0.4) is 0 Å². The van der Waals surface area contributed by atoms with Crippen LogP contribution in [0.2, 0.25) is 0 Å². The van der Waals surface area contributed by atoms with E-state index in [1.807, 2.05) is 13.8 Å². The lowest BCUT2D eigenvalue weighted by Crippen LogP contribution is -2.43. The standard InChI is InChI=1S/C16H25NO3S/c1-11(2)13(4)17(14-6-7-14)21(18,19)15-8-9-16(20-5)12(3)10-15/h8-11,13-14H,6-7H2,1-5H3. The number of hydrogen-bond acceptors (Lipinski definition) is 3. The Balaban J connectivity index is 2.41. The zero-order chi connectivity index (χ0) is 15.8. The fourth-order valence-corrected chi connectivity index (χ4v) is 4.60. The van der Waals surface area contributed by atoms with Crippen LogP contribution in [0.15, 0.2) is 23.1 Å². The third-order valence-electron chi connectivity index (χ3n) is 4.21. The fourth-order valence-electron chi connectivity index (χ4n) is 2.50. The summed E-state index contributed by atoms with van der Waals surface area (Å²) in [5.41, 5.74) is 0.839. The molecule has 0 heterocycles. The third-order valence-corrected chi connectivity index (χ3v) is 6.25. The van der Waals surface area contributed by atoms with Crippen molar-refractivity contribution in [2.24, 2.45) is 5.92 Å². The fraction of sp³-hybridized carbons (Fsp3) is 0.625. The molecule has 1 aliphatic rings. The predicted octanol–water partition coefficient (Wildman–Crippen LogP) is 3.20. The van der Waals surface area contributed by atoms with E-state index in [9.17, 15) is 8.42 Å². The van der Waals surface area contributed by atoms with Crippen molar-refractivity contribution >= 4 is 10.0 Å². The summed E-state index contributed by atoms with van der Waals surface area (Å²) in [6.45, 7) is 7.99. The van der Waals surface area contributed by atoms with Crippen LogP contribution in [0.25, 0.3) is 0 Å². The quantitative estimate of drug-likeness (QED) is 0.810. The molecule has 0 aromatic heterocycles. The molecule has 0 spiro atoms. The third kappa shape index (κ3) is 3.24. The van der Waals surface area contributed by atoms with Crippen LogP contribution in [-0.2, 0) is 10.0 Å². The number of nitrogens with zero attached hydrogens (tertiary/aromatic N) is 1. The van der Waals surface area contributed by atoms with E-state index in [-0.39, 0.29) is 12.1 Å². The molecule has 21 heavy (non-hydrogen) atoms. The van der Waals surface area contributed by atoms with Crippen LogP contribution in [0.5, 0.6) is 5.75 Å². The number of ether oxygens (including phenoxy) is 1. The van der Waals surface area contributed by atoms with Crippen molar-refractivity contribution in [3.8, 4) is 5.75 Å². The molecule has 0 bridgehead atoms. The van der Waals surface area contributed by atoms with Gasteiger partial charge in [-0.25, -0.2) is 8.42 Å². The molecule has 4 nitrogen and oxygen atoms in total. The minimum Gasteiger partial charge on any atom is -0.496 e. The summed E-state index contributed by atoms with van der Waals surface area (Å²) in [5, 5.41) is 0. The first-order valence-corrected chi connectivity index (χ1v) is 8.91. The summed E-state index contributed by atoms with van der Waals surface area (Å²) in [5.74, 6) is 1.00. The molecule has 0 saturated heterocycles. The van der Waals surface area contributed by atoms with Gasteiger partial charge in [0.15, 0.2) is 0 Å². The number of aryl methyl sites for hydroxylation is 1. The van der Waals surface area contributed by atoms with Crippen molar-refractivity contribution in [3.63, 3.8) is 0 Å². The van der Waals surface area contributed by atoms with Crippen molar-refractivity contribution in [3.05, 3.63) is 23.8 Å². The van der Waals surface area contributed by atoms with Crippen molar-refractivity contribution in [1.82, 2.24) is 4.31 Å². The van der Waals surface area contributed by atoms with E-state index in [2.05, 4.69) is 13.8 Å². The molecule has 1 saturated carbocycles. The lowest BCUT2D eigenvalue weighted by molar-refractivity contribution is 0.269. The van der Waals surface area contributed by atoms with Crippen LogP contribution < -0.4 is 4.74 Å². The Hall–Kier alpha value is -1.07. The first-order valence-electron chi connectivity index (χ1n) is 7.47. The average Bonchev–Trinajstić information content (AvgIpc) is 3.22. The molecule has 1 aliphatic carbocycles. The Morgan fingerprint density at radius 3 is 2.29 bits per heavy atom. The predicted molar refractivity (Wildman–Crippen MR) is 84.1 cm³/mol. The zero-order valence-electron chi connectivity index (χ0n) is 13.5. The molecule has 1 fully saturated rings. The number of sulfonamides is 1. The molecule has 2 rings (SSSR count). The van der Waals surface area contributed by atoms with Crippen LogP contribution in [0.1, 0.15) is 39.2 Å². The Bertz CT molecular complexity index is 606. The van der Waals surface area contributed by atoms with Gasteiger partial charge in [0.25, 0.3) is 0 Å². The maximum Gasteiger partial charge on any atom is 0.243 e. The lowest BCUT2D eigenvalue weighted by atomic mass is 10.1. The van der Waals surface area contributed by atoms with Crippen LogP contribution in [0, 0.1) is 12.8 Å². The molecule has 0 aliphatic heterocycles. The summed E-state index contributed by atoms with van der Waals surface area (Å²) in [6, 6.07) is 5.24. The largest absolute Gasteiger partial charge is 0.496 e. The summed E-state index contributed by atoms with van der Waals surface area (Å²) in [4.78, 5) is 0.361. The second-order valence-electron chi connectivity index (χ2n) is 6.18. The highest BCUT2D eigenvalue weighted by Gasteiger charge is 2.41. The highest BCUT2D eigenvalue weighted by Crippen LogP contribution is 2.36. The molecule has 0 radical (unpaired) electrons. The van der Waals surface area contributed by atoms with Crippen molar-refractivity contribution in [2.45, 2.75) is 57.5 Å². The van der Waals surface area contributed by atoms with E-state index in [4.69, 9.17) is 4.74 Å². The van der Waals surface area contributed by atoms with Gasteiger partial charge in [-0.15, -0.1) is 0 Å². The topological polar surface area (TPSA) is 46.6 Å². The minimum atomic E-state index is -3.45. The second kappa shape index (κ2) is 5.97. The van der Waals surface area contributed by atoms with Gasteiger partial charge in [0.1, 0.15) is 5.75 Å². The van der Waals surface area contributed by atoms with Crippen LogP contribution in [-0.4, -0.2) is 31.9 Å². The van der Waals surface area contributed by atoms with E-state index in [1.165, 1.54) is 0 Å². The van der Waals surface area contributed by atoms with Crippen molar-refractivity contribution < 1.29 is 13.2 Å². The highest BCUT2D eigenvalue weighted by molar-refractivity contribution is 7.89. The normalized spacial score (nSPS) is 17.3. The van der Waals surface area contributed by atoms with E-state index < -0.39 is 10.0 Å². The molecule has 118 valence electrons. The molecular weight excluding hydrogens is 286 g/mol. The number of methoxy groups -OCH3 is 1. The van der Waals surface area contributed by atoms with E-state index in [0.29, 0.717) is 16.6 Å². The van der Waals surface area contributed by atoms with Crippen molar-refractivity contribution in [2.75, 3.05) is 7.11 Å². The van der Waals surface area contributed by atoms with Gasteiger partial charge in [-0.3, -0.25) is 0 Å². The monoisotopic (exact) mass is 311 g/mol. The summed E-state index contributed by atoms with van der Waals surface area (Å²) < 4.78 is 32.9. The molecule has 0 amide bonds. The first-order chi connectivity index (χ1) is 9.78. The smallest absolute Gasteiger partial charge is 0.243 e. The molecule has 5 heteroatoms. The van der Waals surface area contributed by atoms with Gasteiger partial charge < -0.3 is 4.74 Å². The highest BCUT2D eigenvalue weighted by atomic mass is 32.2. The Morgan fingerprint density at radius 1 is 1.24 bits per heavy atom. The first kappa shape index (κ1) is 16.3. The van der Waals surface area contributed by atoms with E-state index in [1.54, 1.807) is 29.6 Å². The van der Waals surface area contributed by atoms with E-state index in [0.717, 1.165) is 18.4 Å². The van der Waals surface area contributed by atoms with E-state index >= 15 is 0 Å². The van der Waals surface area contributed by atoms with Crippen LogP contribution >= 0.6 is 0 Å². The molecule has 1 unspecified atom stereocenters. The molecule has 1 aromatic carbocycles. The van der Waals surface area contributed by atoms with Gasteiger partial charge >= 0.3 is 0 Å². The van der Waals surface area contributed by atoms with Gasteiger partial charge in [-0.05, 0) is 56.4 Å². The summed E-state index contributed by atoms with van der Waals surface area (Å²) in [6.07, 6.45) is 1.93. The van der Waals surface area contributed by atoms with Crippen LogP contribution in [0.4, 0.5) is 0 Å². The molecule has 1 aromatic rings. The van der Waals surface area contributed by atoms with Gasteiger partial charge in [-0.2, -0.15) is 4.31 Å². The maximum atomic E-state index is 13.0. The second-order valence-corrected chi connectivity index (χ2v) is 8.03. The minimum absolute atomic E-state index is 0.00454.